The lowest BCUT2D eigenvalue weighted by Crippen LogP contribution is -2.51. The van der Waals surface area contributed by atoms with Gasteiger partial charge in [-0.3, -0.25) is 4.79 Å². The minimum Gasteiger partial charge on any atom is -0.390 e. The number of hydrogen-bond acceptors (Lipinski definition) is 5. The van der Waals surface area contributed by atoms with Gasteiger partial charge in [0.1, 0.15) is 12.4 Å². The third kappa shape index (κ3) is 3.66. The predicted octanol–water partition coefficient (Wildman–Crippen LogP) is 3.36. The Balaban J connectivity index is 1.18. The Morgan fingerprint density at radius 2 is 1.86 bits per heavy atom. The van der Waals surface area contributed by atoms with E-state index in [0.717, 1.165) is 50.4 Å². The summed E-state index contributed by atoms with van der Waals surface area (Å²) in [6, 6.07) is 3.66. The zero-order valence-electron chi connectivity index (χ0n) is 21.3. The van der Waals surface area contributed by atoms with Gasteiger partial charge in [0, 0.05) is 19.2 Å². The molecule has 0 radical (unpaired) electrons. The molecule has 1 N–H and O–H groups in total. The highest BCUT2D eigenvalue weighted by Gasteiger charge is 2.58. The molecule has 0 aromatic carbocycles. The fraction of sp³-hybridized carbons (Fsp3) is 0.778. The number of Topliss-reactive ketones (excluding diaryl/α,β-unsaturated/α-hetero) is 1. The van der Waals surface area contributed by atoms with Crippen LogP contribution in [0.1, 0.15) is 71.6 Å². The van der Waals surface area contributed by atoms with Crippen molar-refractivity contribution in [1.29, 1.82) is 0 Å². The van der Waals surface area contributed by atoms with E-state index < -0.39 is 5.60 Å². The van der Waals surface area contributed by atoms with E-state index >= 15 is 0 Å². The number of ketones is 1. The second-order valence-corrected chi connectivity index (χ2v) is 12.6. The Kier molecular flexibility index (Phi) is 5.40. The molecule has 2 aromatic rings. The monoisotopic (exact) mass is 481 g/mol. The van der Waals surface area contributed by atoms with Gasteiger partial charge in [-0.25, -0.2) is 4.79 Å². The molecule has 190 valence electrons. The van der Waals surface area contributed by atoms with Crippen molar-refractivity contribution < 1.29 is 9.90 Å². The van der Waals surface area contributed by atoms with Crippen LogP contribution >= 0.6 is 0 Å². The van der Waals surface area contributed by atoms with Crippen LogP contribution < -0.4 is 5.69 Å². The summed E-state index contributed by atoms with van der Waals surface area (Å²) in [7, 11) is 1.85. The van der Waals surface area contributed by atoms with Crippen molar-refractivity contribution >= 4 is 5.78 Å². The largest absolute Gasteiger partial charge is 0.390 e. The zero-order valence-corrected chi connectivity index (χ0v) is 21.3. The van der Waals surface area contributed by atoms with Crippen molar-refractivity contribution in [2.45, 2.75) is 83.8 Å². The minimum absolute atomic E-state index is 0.00408. The summed E-state index contributed by atoms with van der Waals surface area (Å²) in [6.45, 7) is 4.37. The Bertz CT molecular complexity index is 1180. The van der Waals surface area contributed by atoms with Gasteiger partial charge in [0.15, 0.2) is 5.78 Å². The standard InChI is InChI=1S/C27H39N5O3/c1-26(35)12-10-18-17(15-26)6-7-20-19(18)11-13-27(2)21(20)8-9-22(27)23(33)16-31-25(34)32(29-28-31)24-5-4-14-30(24)3/h4-5,14,17-22,35H,6-13,15-16H2,1-3H3/t17-,18+,19-,20-,21+,22-,26-,27+/m1/s1. The Hall–Kier alpha value is -2.22. The van der Waals surface area contributed by atoms with Crippen molar-refractivity contribution in [3.8, 4) is 5.82 Å². The van der Waals surface area contributed by atoms with E-state index in [0.29, 0.717) is 23.6 Å². The van der Waals surface area contributed by atoms with Crippen LogP contribution in [0.3, 0.4) is 0 Å². The van der Waals surface area contributed by atoms with Crippen molar-refractivity contribution in [2.24, 2.45) is 48.0 Å². The first-order valence-electron chi connectivity index (χ1n) is 13.6. The number of nitrogens with zero attached hydrogens (tertiary/aromatic N) is 5. The molecule has 0 aliphatic heterocycles. The molecule has 35 heavy (non-hydrogen) atoms. The lowest BCUT2D eigenvalue weighted by molar-refractivity contribution is -0.133. The van der Waals surface area contributed by atoms with Gasteiger partial charge in [-0.2, -0.15) is 4.68 Å². The van der Waals surface area contributed by atoms with Gasteiger partial charge in [0.2, 0.25) is 0 Å². The van der Waals surface area contributed by atoms with Gasteiger partial charge < -0.3 is 9.67 Å². The summed E-state index contributed by atoms with van der Waals surface area (Å²) in [5.74, 6) is 4.24. The van der Waals surface area contributed by atoms with E-state index in [4.69, 9.17) is 0 Å². The summed E-state index contributed by atoms with van der Waals surface area (Å²) in [6.07, 6.45) is 11.7. The van der Waals surface area contributed by atoms with Gasteiger partial charge >= 0.3 is 5.69 Å². The molecule has 4 fully saturated rings. The van der Waals surface area contributed by atoms with E-state index in [-0.39, 0.29) is 29.4 Å². The number of aryl methyl sites for hydroxylation is 1. The van der Waals surface area contributed by atoms with E-state index in [1.54, 1.807) is 0 Å². The van der Waals surface area contributed by atoms with Crippen LogP contribution in [0, 0.1) is 40.9 Å². The Labute approximate surface area is 206 Å². The average Bonchev–Trinajstić information content (AvgIpc) is 3.49. The second-order valence-electron chi connectivity index (χ2n) is 12.6. The molecule has 4 saturated carbocycles. The molecule has 0 spiro atoms. The molecular weight excluding hydrogens is 442 g/mol. The third-order valence-corrected chi connectivity index (χ3v) is 10.7. The van der Waals surface area contributed by atoms with Crippen LogP contribution in [0.4, 0.5) is 0 Å². The normalized spacial score (nSPS) is 40.7. The molecular formula is C27H39N5O3. The fourth-order valence-corrected chi connectivity index (χ4v) is 9.06. The highest BCUT2D eigenvalue weighted by Crippen LogP contribution is 2.64. The molecule has 0 saturated heterocycles. The first kappa shape index (κ1) is 23.2. The van der Waals surface area contributed by atoms with Crippen LogP contribution in [-0.4, -0.2) is 40.8 Å². The number of carbonyl (C=O) groups excluding carboxylic acids is 1. The van der Waals surface area contributed by atoms with Crippen molar-refractivity contribution in [3.63, 3.8) is 0 Å². The second kappa shape index (κ2) is 8.15. The van der Waals surface area contributed by atoms with Crippen molar-refractivity contribution in [2.75, 3.05) is 0 Å². The fourth-order valence-electron chi connectivity index (χ4n) is 9.06. The molecule has 0 unspecified atom stereocenters. The summed E-state index contributed by atoms with van der Waals surface area (Å²) in [5, 5.41) is 18.7. The number of aliphatic hydroxyl groups is 1. The van der Waals surface area contributed by atoms with Gasteiger partial charge in [-0.1, -0.05) is 6.92 Å². The van der Waals surface area contributed by atoms with Crippen LogP contribution in [0.2, 0.25) is 0 Å². The van der Waals surface area contributed by atoms with Crippen LogP contribution in [0.5, 0.6) is 0 Å². The number of carbonyl (C=O) groups is 1. The maximum atomic E-state index is 13.6. The van der Waals surface area contributed by atoms with Crippen molar-refractivity contribution in [3.05, 3.63) is 28.8 Å². The van der Waals surface area contributed by atoms with Crippen LogP contribution in [-0.2, 0) is 18.4 Å². The molecule has 2 aromatic heterocycles. The topological polar surface area (TPSA) is 94.9 Å². The molecule has 8 nitrogen and oxygen atoms in total. The molecule has 0 amide bonds. The number of rotatable bonds is 4. The molecule has 4 aliphatic carbocycles. The third-order valence-electron chi connectivity index (χ3n) is 10.7. The van der Waals surface area contributed by atoms with Crippen LogP contribution in [0.25, 0.3) is 5.82 Å². The Morgan fingerprint density at radius 3 is 2.63 bits per heavy atom. The first-order valence-corrected chi connectivity index (χ1v) is 13.6. The Morgan fingerprint density at radius 1 is 1.06 bits per heavy atom. The van der Waals surface area contributed by atoms with E-state index in [9.17, 15) is 14.7 Å². The van der Waals surface area contributed by atoms with E-state index in [1.807, 2.05) is 36.9 Å². The summed E-state index contributed by atoms with van der Waals surface area (Å²) in [5.41, 5.74) is -0.833. The number of aromatic nitrogens is 5. The quantitative estimate of drug-likeness (QED) is 0.723. The number of fused-ring (bicyclic) bond motifs is 5. The maximum absolute atomic E-state index is 13.6. The summed E-state index contributed by atoms with van der Waals surface area (Å²) in [4.78, 5) is 26.5. The summed E-state index contributed by atoms with van der Waals surface area (Å²) < 4.78 is 4.31. The van der Waals surface area contributed by atoms with Gasteiger partial charge in [0.05, 0.1) is 5.60 Å². The minimum atomic E-state index is -0.484. The SMILES string of the molecule is Cn1cccc1-n1nnn(CC(=O)[C@H]2CC[C@H]3[C@@H]4CC[C@@H]5C[C@](C)(O)CC[C@@H]5[C@H]4CC[C@]23C)c1=O. The van der Waals surface area contributed by atoms with Crippen LogP contribution in [0.15, 0.2) is 23.1 Å². The lowest BCUT2D eigenvalue weighted by Gasteiger charge is -2.56. The smallest absolute Gasteiger partial charge is 0.370 e. The highest BCUT2D eigenvalue weighted by atomic mass is 16.3. The lowest BCUT2D eigenvalue weighted by atomic mass is 9.49. The molecule has 4 aliphatic rings. The van der Waals surface area contributed by atoms with Gasteiger partial charge in [-0.15, -0.1) is 4.68 Å². The summed E-state index contributed by atoms with van der Waals surface area (Å²) >= 11 is 0. The van der Waals surface area contributed by atoms with Crippen molar-refractivity contribution in [1.82, 2.24) is 24.4 Å². The van der Waals surface area contributed by atoms with E-state index in [1.165, 1.54) is 28.6 Å². The number of hydrogen-bond donors (Lipinski definition) is 1. The molecule has 6 rings (SSSR count). The molecule has 2 heterocycles. The zero-order chi connectivity index (χ0) is 24.5. The maximum Gasteiger partial charge on any atom is 0.370 e. The molecule has 0 bridgehead atoms. The highest BCUT2D eigenvalue weighted by molar-refractivity contribution is 5.82. The number of tetrazole rings is 1. The average molecular weight is 482 g/mol. The van der Waals surface area contributed by atoms with E-state index in [2.05, 4.69) is 17.4 Å². The van der Waals surface area contributed by atoms with Gasteiger partial charge in [0.25, 0.3) is 0 Å². The molecule has 8 heteroatoms. The molecule has 8 atom stereocenters. The predicted molar refractivity (Wildman–Crippen MR) is 131 cm³/mol. The first-order chi connectivity index (χ1) is 16.7. The van der Waals surface area contributed by atoms with Gasteiger partial charge in [-0.05, 0) is 122 Å².